The lowest BCUT2D eigenvalue weighted by molar-refractivity contribution is -0.131. The molecule has 0 spiro atoms. The predicted molar refractivity (Wildman–Crippen MR) is 89.4 cm³/mol. The highest BCUT2D eigenvalue weighted by molar-refractivity contribution is 7.80. The van der Waals surface area contributed by atoms with Crippen molar-refractivity contribution in [3.8, 4) is 0 Å². The molecular weight excluding hydrogens is 276 g/mol. The largest absolute Gasteiger partial charge is 0.299 e. The molecule has 7 atom stereocenters. The van der Waals surface area contributed by atoms with E-state index >= 15 is 0 Å². The summed E-state index contributed by atoms with van der Waals surface area (Å²) >= 11 is 4.74. The van der Waals surface area contributed by atoms with Crippen molar-refractivity contribution >= 4 is 18.4 Å². The SMILES string of the molecule is C=C1CC2C(CCC3(C)C(=O)CCC23)C2CCC(S)CC12. The van der Waals surface area contributed by atoms with Crippen molar-refractivity contribution in [2.45, 2.75) is 63.5 Å². The standard InChI is InChI=1S/C19H28OS/c1-11-9-16-14(13-4-3-12(21)10-15(11)13)7-8-19(2)17(16)5-6-18(19)20/h12-17,21H,1,3-10H2,2H3. The minimum Gasteiger partial charge on any atom is -0.299 e. The van der Waals surface area contributed by atoms with Gasteiger partial charge in [-0.15, -0.1) is 0 Å². The van der Waals surface area contributed by atoms with Gasteiger partial charge in [0.2, 0.25) is 0 Å². The first-order valence-corrected chi connectivity index (χ1v) is 9.41. The maximum Gasteiger partial charge on any atom is 0.139 e. The molecular formula is C19H28OS. The van der Waals surface area contributed by atoms with Crippen LogP contribution in [0.1, 0.15) is 58.3 Å². The van der Waals surface area contributed by atoms with Gasteiger partial charge in [0.05, 0.1) is 0 Å². The van der Waals surface area contributed by atoms with Crippen LogP contribution in [0, 0.1) is 35.0 Å². The molecule has 0 aliphatic heterocycles. The van der Waals surface area contributed by atoms with E-state index in [2.05, 4.69) is 13.5 Å². The number of rotatable bonds is 0. The third-order valence-electron chi connectivity index (χ3n) is 7.65. The van der Waals surface area contributed by atoms with E-state index in [1.807, 2.05) is 0 Å². The molecule has 0 aromatic carbocycles. The van der Waals surface area contributed by atoms with E-state index in [0.717, 1.165) is 42.9 Å². The Balaban J connectivity index is 1.63. The summed E-state index contributed by atoms with van der Waals surface area (Å²) in [5.41, 5.74) is 1.50. The van der Waals surface area contributed by atoms with Crippen LogP contribution in [0.5, 0.6) is 0 Å². The summed E-state index contributed by atoms with van der Waals surface area (Å²) in [6.45, 7) is 6.73. The molecule has 0 radical (unpaired) electrons. The Bertz CT molecular complexity index is 484. The molecule has 4 saturated carbocycles. The first-order chi connectivity index (χ1) is 10.0. The molecule has 0 aromatic rings. The molecule has 0 amide bonds. The van der Waals surface area contributed by atoms with E-state index in [-0.39, 0.29) is 5.41 Å². The van der Waals surface area contributed by atoms with Crippen LogP contribution in [-0.4, -0.2) is 11.0 Å². The summed E-state index contributed by atoms with van der Waals surface area (Å²) in [5.74, 6) is 4.39. The zero-order chi connectivity index (χ0) is 14.8. The first-order valence-electron chi connectivity index (χ1n) is 8.89. The van der Waals surface area contributed by atoms with Gasteiger partial charge in [0.15, 0.2) is 0 Å². The van der Waals surface area contributed by atoms with Gasteiger partial charge >= 0.3 is 0 Å². The minimum atomic E-state index is 0.00896. The van der Waals surface area contributed by atoms with Crippen LogP contribution in [0.25, 0.3) is 0 Å². The van der Waals surface area contributed by atoms with E-state index < -0.39 is 0 Å². The van der Waals surface area contributed by atoms with Crippen LogP contribution >= 0.6 is 12.6 Å². The third-order valence-corrected chi connectivity index (χ3v) is 8.12. The fourth-order valence-corrected chi connectivity index (χ4v) is 6.90. The van der Waals surface area contributed by atoms with Gasteiger partial charge in [-0.25, -0.2) is 0 Å². The van der Waals surface area contributed by atoms with E-state index in [0.29, 0.717) is 17.0 Å². The highest BCUT2D eigenvalue weighted by Gasteiger charge is 2.57. The van der Waals surface area contributed by atoms with Crippen LogP contribution in [0.15, 0.2) is 12.2 Å². The zero-order valence-electron chi connectivity index (χ0n) is 13.2. The summed E-state index contributed by atoms with van der Waals surface area (Å²) in [6.07, 6.45) is 9.49. The Morgan fingerprint density at radius 3 is 2.76 bits per heavy atom. The number of allylic oxidation sites excluding steroid dienone is 1. The lowest BCUT2D eigenvalue weighted by Gasteiger charge is -2.55. The topological polar surface area (TPSA) is 17.1 Å². The Labute approximate surface area is 134 Å². The second kappa shape index (κ2) is 4.88. The van der Waals surface area contributed by atoms with Crippen LogP contribution in [0.4, 0.5) is 0 Å². The highest BCUT2D eigenvalue weighted by Crippen LogP contribution is 2.62. The van der Waals surface area contributed by atoms with E-state index in [4.69, 9.17) is 12.6 Å². The maximum absolute atomic E-state index is 12.4. The number of carbonyl (C=O) groups is 1. The van der Waals surface area contributed by atoms with Crippen LogP contribution in [0.2, 0.25) is 0 Å². The van der Waals surface area contributed by atoms with Gasteiger partial charge in [-0.2, -0.15) is 12.6 Å². The average molecular weight is 304 g/mol. The zero-order valence-corrected chi connectivity index (χ0v) is 14.1. The van der Waals surface area contributed by atoms with Gasteiger partial charge in [-0.1, -0.05) is 19.1 Å². The quantitative estimate of drug-likeness (QED) is 0.508. The van der Waals surface area contributed by atoms with E-state index in [9.17, 15) is 4.79 Å². The Morgan fingerprint density at radius 2 is 1.95 bits per heavy atom. The van der Waals surface area contributed by atoms with Crippen molar-refractivity contribution in [2.24, 2.45) is 35.0 Å². The molecule has 4 rings (SSSR count). The van der Waals surface area contributed by atoms with Crippen LogP contribution in [-0.2, 0) is 4.79 Å². The summed E-state index contributed by atoms with van der Waals surface area (Å²) in [5, 5.41) is 0.585. The summed E-state index contributed by atoms with van der Waals surface area (Å²) in [6, 6.07) is 0. The normalized spacial score (nSPS) is 53.0. The number of thiol groups is 1. The monoisotopic (exact) mass is 304 g/mol. The second-order valence-corrected chi connectivity index (χ2v) is 9.18. The Hall–Kier alpha value is -0.240. The van der Waals surface area contributed by atoms with E-state index in [1.165, 1.54) is 37.7 Å². The maximum atomic E-state index is 12.4. The van der Waals surface area contributed by atoms with Crippen LogP contribution < -0.4 is 0 Å². The third kappa shape index (κ3) is 2.00. The molecule has 0 N–H and O–H groups in total. The number of ketones is 1. The molecule has 4 aliphatic rings. The second-order valence-electron chi connectivity index (χ2n) is 8.45. The molecule has 2 heteroatoms. The number of Topliss-reactive ketones (excluding diaryl/α,β-unsaturated/α-hetero) is 1. The molecule has 0 heterocycles. The van der Waals surface area contributed by atoms with Gasteiger partial charge in [0.25, 0.3) is 0 Å². The van der Waals surface area contributed by atoms with Crippen molar-refractivity contribution in [1.82, 2.24) is 0 Å². The van der Waals surface area contributed by atoms with Crippen molar-refractivity contribution in [2.75, 3.05) is 0 Å². The summed E-state index contributed by atoms with van der Waals surface area (Å²) < 4.78 is 0. The van der Waals surface area contributed by atoms with E-state index in [1.54, 1.807) is 0 Å². The van der Waals surface area contributed by atoms with Crippen molar-refractivity contribution in [3.63, 3.8) is 0 Å². The average Bonchev–Trinajstić information content (AvgIpc) is 2.76. The fraction of sp³-hybridized carbons (Fsp3) is 0.842. The minimum absolute atomic E-state index is 0.00896. The van der Waals surface area contributed by atoms with Crippen molar-refractivity contribution in [1.29, 1.82) is 0 Å². The van der Waals surface area contributed by atoms with Gasteiger partial charge in [0, 0.05) is 17.1 Å². The first kappa shape index (κ1) is 14.4. The molecule has 0 bridgehead atoms. The molecule has 4 aliphatic carbocycles. The van der Waals surface area contributed by atoms with Crippen molar-refractivity contribution < 1.29 is 4.79 Å². The number of hydrogen-bond acceptors (Lipinski definition) is 2. The summed E-state index contributed by atoms with van der Waals surface area (Å²) in [4.78, 5) is 12.4. The van der Waals surface area contributed by atoms with Gasteiger partial charge < -0.3 is 0 Å². The lowest BCUT2D eigenvalue weighted by Crippen LogP contribution is -2.49. The summed E-state index contributed by atoms with van der Waals surface area (Å²) in [7, 11) is 0. The lowest BCUT2D eigenvalue weighted by atomic mass is 9.50. The molecule has 0 saturated heterocycles. The smallest absolute Gasteiger partial charge is 0.139 e. The molecule has 0 aromatic heterocycles. The Kier molecular flexibility index (Phi) is 3.33. The molecule has 21 heavy (non-hydrogen) atoms. The highest BCUT2D eigenvalue weighted by atomic mass is 32.1. The fourth-order valence-electron chi connectivity index (χ4n) is 6.52. The Morgan fingerprint density at radius 1 is 1.14 bits per heavy atom. The van der Waals surface area contributed by atoms with Crippen LogP contribution in [0.3, 0.4) is 0 Å². The van der Waals surface area contributed by atoms with Gasteiger partial charge in [0.1, 0.15) is 5.78 Å². The molecule has 4 fully saturated rings. The predicted octanol–water partition coefficient (Wildman–Crippen LogP) is 4.67. The molecule has 116 valence electrons. The number of fused-ring (bicyclic) bond motifs is 5. The van der Waals surface area contributed by atoms with Gasteiger partial charge in [-0.05, 0) is 74.5 Å². The van der Waals surface area contributed by atoms with Gasteiger partial charge in [-0.3, -0.25) is 4.79 Å². The molecule has 1 nitrogen and oxygen atoms in total. The number of carbonyl (C=O) groups excluding carboxylic acids is 1. The van der Waals surface area contributed by atoms with Crippen molar-refractivity contribution in [3.05, 3.63) is 12.2 Å². The molecule has 7 unspecified atom stereocenters. The number of hydrogen-bond donors (Lipinski definition) is 1.